The summed E-state index contributed by atoms with van der Waals surface area (Å²) >= 11 is 2.05. The smallest absolute Gasteiger partial charge is 0.0281 e. The van der Waals surface area contributed by atoms with Crippen LogP contribution in [0.5, 0.6) is 0 Å². The van der Waals surface area contributed by atoms with Crippen molar-refractivity contribution in [3.63, 3.8) is 0 Å². The number of benzene rings is 1. The van der Waals surface area contributed by atoms with Crippen LogP contribution < -0.4 is 5.32 Å². The van der Waals surface area contributed by atoms with Gasteiger partial charge in [0, 0.05) is 17.8 Å². The van der Waals surface area contributed by atoms with E-state index in [2.05, 4.69) is 53.7 Å². The van der Waals surface area contributed by atoms with E-state index in [1.165, 1.54) is 31.2 Å². The highest BCUT2D eigenvalue weighted by atomic mass is 32.2. The predicted molar refractivity (Wildman–Crippen MR) is 72.9 cm³/mol. The largest absolute Gasteiger partial charge is 0.311 e. The molecule has 1 fully saturated rings. The Morgan fingerprint density at radius 1 is 1.19 bits per heavy atom. The molecule has 2 rings (SSSR count). The quantitative estimate of drug-likeness (QED) is 0.839. The Morgan fingerprint density at radius 3 is 2.50 bits per heavy atom. The van der Waals surface area contributed by atoms with Crippen LogP contribution in [0.2, 0.25) is 0 Å². The Morgan fingerprint density at radius 2 is 1.88 bits per heavy atom. The van der Waals surface area contributed by atoms with Gasteiger partial charge >= 0.3 is 0 Å². The van der Waals surface area contributed by atoms with Gasteiger partial charge in [0.2, 0.25) is 0 Å². The summed E-state index contributed by atoms with van der Waals surface area (Å²) < 4.78 is 0.523. The van der Waals surface area contributed by atoms with Gasteiger partial charge in [0.25, 0.3) is 0 Å². The summed E-state index contributed by atoms with van der Waals surface area (Å²) in [7, 11) is 0. The van der Waals surface area contributed by atoms with Crippen LogP contribution in [0, 0.1) is 0 Å². The Labute approximate surface area is 103 Å². The lowest BCUT2D eigenvalue weighted by Gasteiger charge is -2.27. The highest BCUT2D eigenvalue weighted by Crippen LogP contribution is 2.39. The van der Waals surface area contributed by atoms with Crippen molar-refractivity contribution in [1.82, 2.24) is 5.32 Å². The van der Waals surface area contributed by atoms with E-state index in [9.17, 15) is 0 Å². The van der Waals surface area contributed by atoms with E-state index < -0.39 is 0 Å². The van der Waals surface area contributed by atoms with Crippen molar-refractivity contribution in [2.45, 2.75) is 37.0 Å². The summed E-state index contributed by atoms with van der Waals surface area (Å²) in [6, 6.07) is 10.7. The number of hydrogen-bond acceptors (Lipinski definition) is 2. The van der Waals surface area contributed by atoms with E-state index >= 15 is 0 Å². The summed E-state index contributed by atoms with van der Waals surface area (Å²) in [6.45, 7) is 2.16. The minimum absolute atomic E-state index is 0.523. The van der Waals surface area contributed by atoms with Crippen molar-refractivity contribution < 1.29 is 0 Å². The first-order valence-electron chi connectivity index (χ1n) is 6.14. The third-order valence-corrected chi connectivity index (χ3v) is 4.99. The molecule has 2 heteroatoms. The van der Waals surface area contributed by atoms with Crippen LogP contribution in [0.15, 0.2) is 30.3 Å². The zero-order valence-electron chi connectivity index (χ0n) is 10.0. The monoisotopic (exact) mass is 235 g/mol. The molecule has 0 aromatic heterocycles. The minimum atomic E-state index is 0.523. The normalized spacial score (nSPS) is 18.8. The van der Waals surface area contributed by atoms with Gasteiger partial charge in [-0.15, -0.1) is 0 Å². The first kappa shape index (κ1) is 12.0. The topological polar surface area (TPSA) is 12.0 Å². The molecule has 0 unspecified atom stereocenters. The number of rotatable bonds is 5. The van der Waals surface area contributed by atoms with Crippen LogP contribution in [0.1, 0.15) is 31.2 Å². The molecule has 88 valence electrons. The molecule has 1 aromatic rings. The Bertz CT molecular complexity index is 304. The standard InChI is InChI=1S/C14H21NS/c1-16-14(9-5-6-10-14)12-15-11-13-7-3-2-4-8-13/h2-4,7-8,15H,5-6,9-12H2,1H3. The molecule has 1 aromatic carbocycles. The van der Waals surface area contributed by atoms with Gasteiger partial charge in [-0.2, -0.15) is 11.8 Å². The van der Waals surface area contributed by atoms with Gasteiger partial charge in [-0.05, 0) is 24.7 Å². The highest BCUT2D eigenvalue weighted by molar-refractivity contribution is 8.00. The van der Waals surface area contributed by atoms with Crippen LogP contribution in [0.3, 0.4) is 0 Å². The third kappa shape index (κ3) is 3.02. The van der Waals surface area contributed by atoms with Gasteiger partial charge in [-0.3, -0.25) is 0 Å². The first-order chi connectivity index (χ1) is 7.85. The molecule has 0 spiro atoms. The van der Waals surface area contributed by atoms with Crippen molar-refractivity contribution in [3.05, 3.63) is 35.9 Å². The molecule has 16 heavy (non-hydrogen) atoms. The second kappa shape index (κ2) is 5.74. The van der Waals surface area contributed by atoms with Crippen LogP contribution in [-0.2, 0) is 6.54 Å². The van der Waals surface area contributed by atoms with Crippen LogP contribution in [0.4, 0.5) is 0 Å². The third-order valence-electron chi connectivity index (χ3n) is 3.57. The van der Waals surface area contributed by atoms with E-state index in [4.69, 9.17) is 0 Å². The van der Waals surface area contributed by atoms with E-state index in [1.54, 1.807) is 0 Å². The SMILES string of the molecule is CSC1(CNCc2ccccc2)CCCC1. The Balaban J connectivity index is 1.79. The van der Waals surface area contributed by atoms with Crippen molar-refractivity contribution >= 4 is 11.8 Å². The summed E-state index contributed by atoms with van der Waals surface area (Å²) in [5, 5.41) is 3.61. The van der Waals surface area contributed by atoms with Gasteiger partial charge < -0.3 is 5.32 Å². The maximum Gasteiger partial charge on any atom is 0.0281 e. The molecule has 1 saturated carbocycles. The molecule has 0 radical (unpaired) electrons. The van der Waals surface area contributed by atoms with Crippen molar-refractivity contribution in [3.8, 4) is 0 Å². The molecule has 1 aliphatic rings. The Hall–Kier alpha value is -0.470. The molecular formula is C14H21NS. The predicted octanol–water partition coefficient (Wildman–Crippen LogP) is 3.45. The van der Waals surface area contributed by atoms with Gasteiger partial charge in [0.05, 0.1) is 0 Å². The van der Waals surface area contributed by atoms with Gasteiger partial charge in [0.1, 0.15) is 0 Å². The number of nitrogens with one attached hydrogen (secondary N) is 1. The molecule has 1 aliphatic carbocycles. The van der Waals surface area contributed by atoms with Crippen molar-refractivity contribution in [2.24, 2.45) is 0 Å². The van der Waals surface area contributed by atoms with E-state index in [1.807, 2.05) is 0 Å². The van der Waals surface area contributed by atoms with E-state index in [0.717, 1.165) is 13.1 Å². The fourth-order valence-corrected chi connectivity index (χ4v) is 3.45. The van der Waals surface area contributed by atoms with Crippen molar-refractivity contribution in [2.75, 3.05) is 12.8 Å². The summed E-state index contributed by atoms with van der Waals surface area (Å²) in [4.78, 5) is 0. The zero-order valence-corrected chi connectivity index (χ0v) is 10.9. The second-order valence-corrected chi connectivity index (χ2v) is 5.96. The average Bonchev–Trinajstić information content (AvgIpc) is 2.80. The number of hydrogen-bond donors (Lipinski definition) is 1. The molecule has 0 heterocycles. The molecule has 0 bridgehead atoms. The van der Waals surface area contributed by atoms with E-state index in [-0.39, 0.29) is 0 Å². The summed E-state index contributed by atoms with van der Waals surface area (Å²) in [5.74, 6) is 0. The molecule has 1 N–H and O–H groups in total. The highest BCUT2D eigenvalue weighted by Gasteiger charge is 2.32. The first-order valence-corrected chi connectivity index (χ1v) is 7.37. The molecular weight excluding hydrogens is 214 g/mol. The maximum absolute atomic E-state index is 3.61. The van der Waals surface area contributed by atoms with Gasteiger partial charge in [-0.1, -0.05) is 43.2 Å². The molecule has 0 aliphatic heterocycles. The van der Waals surface area contributed by atoms with Crippen molar-refractivity contribution in [1.29, 1.82) is 0 Å². The molecule has 0 amide bonds. The summed E-state index contributed by atoms with van der Waals surface area (Å²) in [5.41, 5.74) is 1.39. The van der Waals surface area contributed by atoms with Crippen LogP contribution >= 0.6 is 11.8 Å². The number of thioether (sulfide) groups is 1. The van der Waals surface area contributed by atoms with Gasteiger partial charge in [0.15, 0.2) is 0 Å². The lowest BCUT2D eigenvalue weighted by molar-refractivity contribution is 0.534. The van der Waals surface area contributed by atoms with Crippen LogP contribution in [0.25, 0.3) is 0 Å². The average molecular weight is 235 g/mol. The van der Waals surface area contributed by atoms with Gasteiger partial charge in [-0.25, -0.2) is 0 Å². The minimum Gasteiger partial charge on any atom is -0.311 e. The second-order valence-electron chi connectivity index (χ2n) is 4.68. The lowest BCUT2D eigenvalue weighted by atomic mass is 10.1. The van der Waals surface area contributed by atoms with Crippen LogP contribution in [-0.4, -0.2) is 17.5 Å². The lowest BCUT2D eigenvalue weighted by Crippen LogP contribution is -2.34. The fraction of sp³-hybridized carbons (Fsp3) is 0.571. The zero-order chi connectivity index (χ0) is 11.3. The van der Waals surface area contributed by atoms with E-state index in [0.29, 0.717) is 4.75 Å². The fourth-order valence-electron chi connectivity index (χ4n) is 2.50. The molecule has 1 nitrogen and oxygen atoms in total. The molecule has 0 atom stereocenters. The molecule has 0 saturated heterocycles. The Kier molecular flexibility index (Phi) is 4.30. The maximum atomic E-state index is 3.61. The summed E-state index contributed by atoms with van der Waals surface area (Å²) in [6.07, 6.45) is 7.85.